The number of hydrogen-bond acceptors (Lipinski definition) is 9. The molecule has 0 spiro atoms. The smallest absolute Gasteiger partial charge is 0.231 e. The molecule has 11 heteroatoms. The number of nitrogen functional groups attached to an aromatic ring is 1. The van der Waals surface area contributed by atoms with Crippen LogP contribution in [0.15, 0.2) is 34.6 Å². The number of benzene rings is 1. The summed E-state index contributed by atoms with van der Waals surface area (Å²) in [4.78, 5) is 14.4. The number of aromatic amines is 1. The first-order valence-corrected chi connectivity index (χ1v) is 11.9. The van der Waals surface area contributed by atoms with Gasteiger partial charge < -0.3 is 25.1 Å². The number of nitrogens with zero attached hydrogens (tertiary/aromatic N) is 5. The summed E-state index contributed by atoms with van der Waals surface area (Å²) in [5.41, 5.74) is 10.4. The van der Waals surface area contributed by atoms with Crippen molar-refractivity contribution in [3.05, 3.63) is 30.2 Å². The molecule has 0 bridgehead atoms. The number of fused-ring (bicyclic) bond motifs is 2. The van der Waals surface area contributed by atoms with E-state index < -0.39 is 0 Å². The summed E-state index contributed by atoms with van der Waals surface area (Å²) in [6, 6.07) is 5.94. The fraction of sp³-hybridized carbons (Fsp3) is 0.391. The SMILES string of the molecule is Cc1cc(-c2cc3c(cc2Sc2nc4c(N)ncnc4n2CCNCC(C)(C)C)OCO3)n[nH]1. The number of hydrogen-bond donors (Lipinski definition) is 3. The molecule has 4 heterocycles. The van der Waals surface area contributed by atoms with Crippen molar-refractivity contribution in [3.8, 4) is 22.8 Å². The topological polar surface area (TPSA) is 129 Å². The van der Waals surface area contributed by atoms with Gasteiger partial charge in [0, 0.05) is 35.8 Å². The highest BCUT2D eigenvalue weighted by Gasteiger charge is 2.23. The first-order chi connectivity index (χ1) is 16.3. The van der Waals surface area contributed by atoms with Crippen molar-refractivity contribution in [2.45, 2.75) is 44.3 Å². The Kier molecular flexibility index (Phi) is 5.82. The van der Waals surface area contributed by atoms with E-state index >= 15 is 0 Å². The fourth-order valence-electron chi connectivity index (χ4n) is 3.73. The maximum absolute atomic E-state index is 6.14. The Morgan fingerprint density at radius 2 is 1.97 bits per heavy atom. The van der Waals surface area contributed by atoms with E-state index in [4.69, 9.17) is 20.2 Å². The van der Waals surface area contributed by atoms with Crippen LogP contribution in [0.25, 0.3) is 22.4 Å². The number of ether oxygens (including phenoxy) is 2. The summed E-state index contributed by atoms with van der Waals surface area (Å²) in [6.07, 6.45) is 1.48. The number of aromatic nitrogens is 6. The minimum atomic E-state index is 0.199. The Bertz CT molecular complexity index is 1340. The number of nitrogens with one attached hydrogen (secondary N) is 2. The molecule has 0 fully saturated rings. The van der Waals surface area contributed by atoms with Gasteiger partial charge in [-0.25, -0.2) is 15.0 Å². The molecule has 3 aromatic heterocycles. The molecule has 0 saturated heterocycles. The van der Waals surface area contributed by atoms with E-state index in [1.807, 2.05) is 25.1 Å². The lowest BCUT2D eigenvalue weighted by atomic mass is 9.97. The second-order valence-corrected chi connectivity index (χ2v) is 10.5. The summed E-state index contributed by atoms with van der Waals surface area (Å²) in [5.74, 6) is 1.77. The van der Waals surface area contributed by atoms with Crippen LogP contribution in [0.1, 0.15) is 26.5 Å². The van der Waals surface area contributed by atoms with Crippen molar-refractivity contribution < 1.29 is 9.47 Å². The maximum atomic E-state index is 6.14. The van der Waals surface area contributed by atoms with E-state index in [-0.39, 0.29) is 12.2 Å². The Morgan fingerprint density at radius 1 is 1.18 bits per heavy atom. The molecule has 178 valence electrons. The van der Waals surface area contributed by atoms with Gasteiger partial charge in [0.25, 0.3) is 0 Å². The normalized spacial score (nSPS) is 13.2. The van der Waals surface area contributed by atoms with E-state index in [0.717, 1.165) is 40.1 Å². The summed E-state index contributed by atoms with van der Waals surface area (Å²) < 4.78 is 13.3. The lowest BCUT2D eigenvalue weighted by Gasteiger charge is -2.19. The number of H-pyrrole nitrogens is 1. The fourth-order valence-corrected chi connectivity index (χ4v) is 4.79. The van der Waals surface area contributed by atoms with Crippen LogP contribution in [0, 0.1) is 12.3 Å². The van der Waals surface area contributed by atoms with Gasteiger partial charge in [0.2, 0.25) is 6.79 Å². The summed E-state index contributed by atoms with van der Waals surface area (Å²) in [5, 5.41) is 11.8. The average molecular weight is 481 g/mol. The van der Waals surface area contributed by atoms with E-state index in [1.165, 1.54) is 18.1 Å². The molecule has 0 aliphatic carbocycles. The highest BCUT2D eigenvalue weighted by Crippen LogP contribution is 2.44. The van der Waals surface area contributed by atoms with Gasteiger partial charge in [0.15, 0.2) is 33.6 Å². The molecule has 0 atom stereocenters. The molecular formula is C23H28N8O2S. The van der Waals surface area contributed by atoms with Gasteiger partial charge in [-0.15, -0.1) is 0 Å². The lowest BCUT2D eigenvalue weighted by molar-refractivity contribution is 0.174. The predicted octanol–water partition coefficient (Wildman–Crippen LogP) is 3.62. The third-order valence-electron chi connectivity index (χ3n) is 5.35. The number of rotatable bonds is 7. The minimum Gasteiger partial charge on any atom is -0.454 e. The van der Waals surface area contributed by atoms with Gasteiger partial charge in [-0.3, -0.25) is 5.10 Å². The van der Waals surface area contributed by atoms with Crippen molar-refractivity contribution in [2.75, 3.05) is 25.6 Å². The summed E-state index contributed by atoms with van der Waals surface area (Å²) in [6.45, 7) is 11.2. The Morgan fingerprint density at radius 3 is 2.71 bits per heavy atom. The molecule has 0 amide bonds. The second kappa shape index (κ2) is 8.80. The van der Waals surface area contributed by atoms with Crippen LogP contribution in [0.3, 0.4) is 0 Å². The van der Waals surface area contributed by atoms with Crippen molar-refractivity contribution in [1.29, 1.82) is 0 Å². The number of nitrogens with two attached hydrogens (primary N) is 1. The molecule has 4 aromatic rings. The lowest BCUT2D eigenvalue weighted by Crippen LogP contribution is -2.29. The molecule has 4 N–H and O–H groups in total. The monoisotopic (exact) mass is 480 g/mol. The zero-order chi connectivity index (χ0) is 23.9. The van der Waals surface area contributed by atoms with Crippen LogP contribution in [0.4, 0.5) is 5.82 Å². The molecule has 1 aromatic carbocycles. The van der Waals surface area contributed by atoms with Gasteiger partial charge in [0.05, 0.1) is 5.69 Å². The van der Waals surface area contributed by atoms with E-state index in [9.17, 15) is 0 Å². The minimum absolute atomic E-state index is 0.199. The first-order valence-electron chi connectivity index (χ1n) is 11.1. The number of anilines is 1. The molecule has 0 radical (unpaired) electrons. The molecule has 0 unspecified atom stereocenters. The summed E-state index contributed by atoms with van der Waals surface area (Å²) in [7, 11) is 0. The van der Waals surface area contributed by atoms with Crippen molar-refractivity contribution in [1.82, 2.24) is 35.0 Å². The van der Waals surface area contributed by atoms with Gasteiger partial charge >= 0.3 is 0 Å². The Hall–Kier alpha value is -3.31. The highest BCUT2D eigenvalue weighted by molar-refractivity contribution is 7.99. The second-order valence-electron chi connectivity index (χ2n) is 9.45. The largest absolute Gasteiger partial charge is 0.454 e. The van der Waals surface area contributed by atoms with Crippen LogP contribution < -0.4 is 20.5 Å². The molecular weight excluding hydrogens is 452 g/mol. The van der Waals surface area contributed by atoms with E-state index in [0.29, 0.717) is 35.0 Å². The molecule has 5 rings (SSSR count). The molecule has 1 aliphatic heterocycles. The van der Waals surface area contributed by atoms with Crippen LogP contribution in [-0.4, -0.2) is 49.6 Å². The van der Waals surface area contributed by atoms with Gasteiger partial charge in [-0.2, -0.15) is 5.10 Å². The van der Waals surface area contributed by atoms with Crippen molar-refractivity contribution in [2.24, 2.45) is 5.41 Å². The zero-order valence-electron chi connectivity index (χ0n) is 19.7. The third-order valence-corrected chi connectivity index (χ3v) is 6.40. The van der Waals surface area contributed by atoms with Crippen LogP contribution >= 0.6 is 11.8 Å². The van der Waals surface area contributed by atoms with Crippen LogP contribution in [-0.2, 0) is 6.54 Å². The molecule has 34 heavy (non-hydrogen) atoms. The molecule has 10 nitrogen and oxygen atoms in total. The Balaban J connectivity index is 1.53. The van der Waals surface area contributed by atoms with E-state index in [2.05, 4.69) is 50.8 Å². The van der Waals surface area contributed by atoms with Gasteiger partial charge in [-0.05, 0) is 30.5 Å². The standard InChI is InChI=1S/C23H28N8O2S/c1-13-7-15(30-29-13)14-8-16-17(33-12-32-16)9-18(14)34-22-28-19-20(24)26-11-27-21(19)31(22)6-5-25-10-23(2,3)4/h7-9,11,25H,5-6,10,12H2,1-4H3,(H,29,30)(H2,24,26,27). The Labute approximate surface area is 201 Å². The van der Waals surface area contributed by atoms with Crippen LogP contribution in [0.5, 0.6) is 11.5 Å². The summed E-state index contributed by atoms with van der Waals surface area (Å²) >= 11 is 1.52. The van der Waals surface area contributed by atoms with Crippen LogP contribution in [0.2, 0.25) is 0 Å². The molecule has 0 saturated carbocycles. The maximum Gasteiger partial charge on any atom is 0.231 e. The first kappa shape index (κ1) is 22.5. The average Bonchev–Trinajstić information content (AvgIpc) is 3.49. The van der Waals surface area contributed by atoms with Gasteiger partial charge in [-0.1, -0.05) is 32.5 Å². The van der Waals surface area contributed by atoms with E-state index in [1.54, 1.807) is 0 Å². The van der Waals surface area contributed by atoms with Crippen molar-refractivity contribution >= 4 is 28.7 Å². The number of aryl methyl sites for hydroxylation is 1. The molecule has 1 aliphatic rings. The van der Waals surface area contributed by atoms with Crippen molar-refractivity contribution in [3.63, 3.8) is 0 Å². The van der Waals surface area contributed by atoms with Gasteiger partial charge in [0.1, 0.15) is 6.33 Å². The quantitative estimate of drug-likeness (QED) is 0.340. The number of imidazole rings is 1. The third kappa shape index (κ3) is 4.53. The zero-order valence-corrected chi connectivity index (χ0v) is 20.5. The highest BCUT2D eigenvalue weighted by atomic mass is 32.2. The predicted molar refractivity (Wildman–Crippen MR) is 131 cm³/mol.